The van der Waals surface area contributed by atoms with E-state index in [4.69, 9.17) is 13.6 Å². The summed E-state index contributed by atoms with van der Waals surface area (Å²) in [5, 5.41) is 14.6. The van der Waals surface area contributed by atoms with Gasteiger partial charge in [0.05, 0.1) is 25.1 Å². The van der Waals surface area contributed by atoms with Crippen LogP contribution in [0.2, 0.25) is 0 Å². The lowest BCUT2D eigenvalue weighted by molar-refractivity contribution is -0.117. The van der Waals surface area contributed by atoms with Crippen LogP contribution < -0.4 is 20.7 Å². The Labute approximate surface area is 188 Å². The molecule has 0 radical (unpaired) electrons. The number of aromatic nitrogens is 3. The second-order valence-electron chi connectivity index (χ2n) is 7.40. The fraction of sp³-hybridized carbons (Fsp3) is 0.421. The van der Waals surface area contributed by atoms with Gasteiger partial charge in [0.25, 0.3) is 5.91 Å². The second kappa shape index (κ2) is 8.67. The highest BCUT2D eigenvalue weighted by atomic mass is 32.2. The molecule has 2 amide bonds. The highest BCUT2D eigenvalue weighted by molar-refractivity contribution is 7.90. The van der Waals surface area contributed by atoms with Crippen molar-refractivity contribution in [1.82, 2.24) is 20.5 Å². The zero-order chi connectivity index (χ0) is 25.4. The summed E-state index contributed by atoms with van der Waals surface area (Å²) in [6.07, 6.45) is 3.53. The van der Waals surface area contributed by atoms with E-state index in [0.29, 0.717) is 13.2 Å². The minimum Gasteiger partial charge on any atom is -0.484 e. The van der Waals surface area contributed by atoms with Gasteiger partial charge in [-0.15, -0.1) is 10.2 Å². The Bertz CT molecular complexity index is 1260. The maximum Gasteiger partial charge on any atom is 0.273 e. The quantitative estimate of drug-likeness (QED) is 0.501. The first-order valence-electron chi connectivity index (χ1n) is 11.1. The molecule has 0 bridgehead atoms. The third-order valence-electron chi connectivity index (χ3n) is 4.71. The molecule has 1 saturated carbocycles. The second-order valence-corrected chi connectivity index (χ2v) is 9.39. The van der Waals surface area contributed by atoms with Crippen LogP contribution in [0.3, 0.4) is 0 Å². The number of ether oxygens (including phenoxy) is 2. The van der Waals surface area contributed by atoms with E-state index in [1.165, 1.54) is 18.3 Å². The summed E-state index contributed by atoms with van der Waals surface area (Å²) >= 11 is 0. The molecule has 2 aliphatic rings. The van der Waals surface area contributed by atoms with Crippen LogP contribution in [0, 0.1) is 5.92 Å². The molecule has 13 heteroatoms. The van der Waals surface area contributed by atoms with Gasteiger partial charge in [0.2, 0.25) is 5.91 Å². The van der Waals surface area contributed by atoms with Crippen molar-refractivity contribution in [3.8, 4) is 5.75 Å². The molecule has 2 fully saturated rings. The third kappa shape index (κ3) is 4.94. The van der Waals surface area contributed by atoms with E-state index >= 15 is 0 Å². The molecule has 2 aromatic heterocycles. The molecule has 2 aromatic rings. The first kappa shape index (κ1) is 18.3. The molecule has 0 spiro atoms. The standard InChI is InChI=1S/C19H22N6O6S/c1-20-19(27)16-13(6-15(24-25-16)23-18(26)10-3-4-10)22-17-14(32(2,28)29)5-11(7-21-17)31-12-8-30-9-12/h5-7,10,12H,3-4,8-9H2,1-2H3,(H,20,27)(H2,21,22,23,24,26)/i1D3. The highest BCUT2D eigenvalue weighted by Gasteiger charge is 2.30. The van der Waals surface area contributed by atoms with E-state index in [1.807, 2.05) is 0 Å². The molecule has 0 atom stereocenters. The topological polar surface area (TPSA) is 162 Å². The Balaban J connectivity index is 1.69. The molecule has 1 saturated heterocycles. The summed E-state index contributed by atoms with van der Waals surface area (Å²) in [7, 11) is -3.83. The maximum atomic E-state index is 12.5. The van der Waals surface area contributed by atoms with Crippen molar-refractivity contribution in [1.29, 1.82) is 0 Å². The zero-order valence-corrected chi connectivity index (χ0v) is 17.7. The number of pyridine rings is 1. The molecule has 3 heterocycles. The fourth-order valence-corrected chi connectivity index (χ4v) is 3.60. The summed E-state index contributed by atoms with van der Waals surface area (Å²) in [6, 6.07) is 2.52. The molecule has 0 aromatic carbocycles. The van der Waals surface area contributed by atoms with Crippen LogP contribution in [0.4, 0.5) is 17.3 Å². The molecular formula is C19H22N6O6S. The fourth-order valence-electron chi connectivity index (χ4n) is 2.82. The van der Waals surface area contributed by atoms with Crippen molar-refractivity contribution in [2.75, 3.05) is 37.1 Å². The van der Waals surface area contributed by atoms with E-state index in [-0.39, 0.29) is 45.9 Å². The number of carbonyl (C=O) groups excluding carboxylic acids is 2. The van der Waals surface area contributed by atoms with Gasteiger partial charge in [-0.3, -0.25) is 9.59 Å². The molecule has 12 nitrogen and oxygen atoms in total. The van der Waals surface area contributed by atoms with Crippen LogP contribution in [-0.4, -0.2) is 68.0 Å². The first-order chi connectivity index (χ1) is 16.4. The van der Waals surface area contributed by atoms with Crippen LogP contribution in [-0.2, 0) is 19.4 Å². The number of rotatable bonds is 8. The van der Waals surface area contributed by atoms with Crippen LogP contribution in [0.1, 0.15) is 27.4 Å². The molecular weight excluding hydrogens is 440 g/mol. The van der Waals surface area contributed by atoms with Crippen LogP contribution in [0.5, 0.6) is 5.75 Å². The van der Waals surface area contributed by atoms with Crippen molar-refractivity contribution in [2.24, 2.45) is 5.92 Å². The summed E-state index contributed by atoms with van der Waals surface area (Å²) in [4.78, 5) is 28.6. The smallest absolute Gasteiger partial charge is 0.273 e. The Kier molecular flexibility index (Phi) is 4.95. The summed E-state index contributed by atoms with van der Waals surface area (Å²) in [6.45, 7) is -2.07. The molecule has 32 heavy (non-hydrogen) atoms. The van der Waals surface area contributed by atoms with Crippen molar-refractivity contribution >= 4 is 39.0 Å². The van der Waals surface area contributed by atoms with Gasteiger partial charge in [-0.05, 0) is 12.8 Å². The largest absolute Gasteiger partial charge is 0.484 e. The van der Waals surface area contributed by atoms with Gasteiger partial charge in [-0.1, -0.05) is 0 Å². The number of carbonyl (C=O) groups is 2. The minimum absolute atomic E-state index is 0.0133. The predicted octanol–water partition coefficient (Wildman–Crippen LogP) is 0.504. The highest BCUT2D eigenvalue weighted by Crippen LogP contribution is 2.31. The summed E-state index contributed by atoms with van der Waals surface area (Å²) in [5.41, 5.74) is -0.565. The first-order valence-corrected chi connectivity index (χ1v) is 11.5. The summed E-state index contributed by atoms with van der Waals surface area (Å²) < 4.78 is 57.4. The molecule has 4 rings (SSSR count). The summed E-state index contributed by atoms with van der Waals surface area (Å²) in [5.74, 6) is -1.48. The Morgan fingerprint density at radius 3 is 2.66 bits per heavy atom. The zero-order valence-electron chi connectivity index (χ0n) is 19.9. The van der Waals surface area contributed by atoms with Gasteiger partial charge in [-0.2, -0.15) is 0 Å². The number of nitrogens with one attached hydrogen (secondary N) is 3. The number of anilines is 3. The monoisotopic (exact) mass is 465 g/mol. The lowest BCUT2D eigenvalue weighted by atomic mass is 10.2. The third-order valence-corrected chi connectivity index (χ3v) is 5.82. The molecule has 3 N–H and O–H groups in total. The molecule has 170 valence electrons. The SMILES string of the molecule is [2H]C([2H])([2H])NC(=O)c1nnc(NC(=O)C2CC2)cc1Nc1ncc(OC2COC2)cc1S(C)(=O)=O. The van der Waals surface area contributed by atoms with Crippen LogP contribution >= 0.6 is 0 Å². The lowest BCUT2D eigenvalue weighted by Crippen LogP contribution is -2.38. The molecule has 0 unspecified atom stereocenters. The van der Waals surface area contributed by atoms with E-state index < -0.39 is 28.4 Å². The van der Waals surface area contributed by atoms with E-state index in [9.17, 15) is 18.0 Å². The van der Waals surface area contributed by atoms with E-state index in [1.54, 1.807) is 5.32 Å². The van der Waals surface area contributed by atoms with Crippen LogP contribution in [0.15, 0.2) is 23.2 Å². The average molecular weight is 466 g/mol. The Hall–Kier alpha value is -3.32. The van der Waals surface area contributed by atoms with Gasteiger partial charge in [0.15, 0.2) is 21.3 Å². The van der Waals surface area contributed by atoms with Gasteiger partial charge in [0.1, 0.15) is 22.6 Å². The van der Waals surface area contributed by atoms with E-state index in [2.05, 4.69) is 25.8 Å². The number of hydrogen-bond acceptors (Lipinski definition) is 10. The van der Waals surface area contributed by atoms with Crippen molar-refractivity contribution in [3.05, 3.63) is 24.0 Å². The van der Waals surface area contributed by atoms with Gasteiger partial charge in [0, 0.05) is 35.4 Å². The van der Waals surface area contributed by atoms with Gasteiger partial charge >= 0.3 is 0 Å². The van der Waals surface area contributed by atoms with Crippen molar-refractivity contribution in [3.63, 3.8) is 0 Å². The van der Waals surface area contributed by atoms with Crippen molar-refractivity contribution < 1.29 is 31.6 Å². The maximum absolute atomic E-state index is 12.5. The lowest BCUT2D eigenvalue weighted by Gasteiger charge is -2.26. The van der Waals surface area contributed by atoms with Gasteiger partial charge < -0.3 is 25.4 Å². The normalized spacial score (nSPS) is 17.8. The number of amides is 2. The van der Waals surface area contributed by atoms with Crippen LogP contribution in [0.25, 0.3) is 0 Å². The van der Waals surface area contributed by atoms with Crippen molar-refractivity contribution in [2.45, 2.75) is 23.8 Å². The molecule has 1 aliphatic heterocycles. The average Bonchev–Trinajstić information content (AvgIpc) is 3.55. The molecule has 1 aliphatic carbocycles. The number of sulfone groups is 1. The number of hydrogen-bond donors (Lipinski definition) is 3. The Morgan fingerprint density at radius 2 is 2.03 bits per heavy atom. The Morgan fingerprint density at radius 1 is 1.25 bits per heavy atom. The van der Waals surface area contributed by atoms with Gasteiger partial charge in [-0.25, -0.2) is 13.4 Å². The van der Waals surface area contributed by atoms with E-state index in [0.717, 1.165) is 19.1 Å². The minimum atomic E-state index is -3.83. The predicted molar refractivity (Wildman–Crippen MR) is 113 cm³/mol. The number of nitrogens with zero attached hydrogens (tertiary/aromatic N) is 3.